The molecular weight excluding hydrogens is 254 g/mol. The first-order chi connectivity index (χ1) is 9.72. The molecule has 0 aliphatic carbocycles. The summed E-state index contributed by atoms with van der Waals surface area (Å²) in [6.07, 6.45) is 1.22. The van der Waals surface area contributed by atoms with Crippen LogP contribution in [0, 0.1) is 0 Å². The summed E-state index contributed by atoms with van der Waals surface area (Å²) in [7, 11) is 0. The monoisotopic (exact) mass is 273 g/mol. The topological polar surface area (TPSA) is 61.5 Å². The van der Waals surface area contributed by atoms with Crippen LogP contribution >= 0.6 is 0 Å². The Morgan fingerprint density at radius 2 is 1.90 bits per heavy atom. The van der Waals surface area contributed by atoms with Crippen molar-refractivity contribution in [2.24, 2.45) is 0 Å². The largest absolute Gasteiger partial charge is 0.390 e. The lowest BCUT2D eigenvalue weighted by Crippen LogP contribution is -2.46. The van der Waals surface area contributed by atoms with Crippen molar-refractivity contribution in [3.63, 3.8) is 0 Å². The summed E-state index contributed by atoms with van der Waals surface area (Å²) in [5.41, 5.74) is 1.20. The second kappa shape index (κ2) is 5.64. The number of aromatic nitrogens is 2. The van der Waals surface area contributed by atoms with Gasteiger partial charge in [0.1, 0.15) is 0 Å². The van der Waals surface area contributed by atoms with Crippen LogP contribution in [0.25, 0.3) is 0 Å². The molecule has 3 rings (SSSR count). The first-order valence-electron chi connectivity index (χ1n) is 6.91. The Bertz CT molecular complexity index is 555. The molecule has 2 heterocycles. The molecule has 0 bridgehead atoms. The Balaban J connectivity index is 1.68. The minimum atomic E-state index is -0.692. The molecule has 1 aromatic carbocycles. The third-order valence-corrected chi connectivity index (χ3v) is 3.68. The van der Waals surface area contributed by atoms with Crippen molar-refractivity contribution in [3.8, 4) is 0 Å². The van der Waals surface area contributed by atoms with Gasteiger partial charge in [-0.1, -0.05) is 30.3 Å². The Labute approximate surface area is 118 Å². The van der Waals surface area contributed by atoms with Crippen molar-refractivity contribution in [1.82, 2.24) is 9.78 Å². The van der Waals surface area contributed by atoms with Gasteiger partial charge >= 0.3 is 0 Å². The van der Waals surface area contributed by atoms with Gasteiger partial charge in [0.25, 0.3) is 0 Å². The van der Waals surface area contributed by atoms with Crippen molar-refractivity contribution in [2.45, 2.75) is 25.2 Å². The first kappa shape index (κ1) is 13.1. The molecule has 106 valence electrons. The minimum absolute atomic E-state index is 0.434. The second-order valence-electron chi connectivity index (χ2n) is 5.23. The maximum Gasteiger partial charge on any atom is 0.150 e. The highest BCUT2D eigenvalue weighted by atomic mass is 16.3. The van der Waals surface area contributed by atoms with Gasteiger partial charge in [0.05, 0.1) is 18.8 Å². The lowest BCUT2D eigenvalue weighted by atomic mass is 10.1. The lowest BCUT2D eigenvalue weighted by molar-refractivity contribution is 0.00784. The van der Waals surface area contributed by atoms with Crippen LogP contribution in [0.4, 0.5) is 5.82 Å². The molecule has 2 N–H and O–H groups in total. The Kier molecular flexibility index (Phi) is 3.71. The smallest absolute Gasteiger partial charge is 0.150 e. The molecule has 0 radical (unpaired) electrons. The molecule has 1 aliphatic rings. The summed E-state index contributed by atoms with van der Waals surface area (Å²) in [6.45, 7) is 1.89. The second-order valence-corrected chi connectivity index (χ2v) is 5.23. The van der Waals surface area contributed by atoms with Crippen LogP contribution < -0.4 is 4.90 Å². The normalized spacial score (nSPS) is 23.0. The summed E-state index contributed by atoms with van der Waals surface area (Å²) in [5, 5.41) is 23.8. The molecule has 1 fully saturated rings. The summed E-state index contributed by atoms with van der Waals surface area (Å²) >= 11 is 0. The van der Waals surface area contributed by atoms with E-state index in [0.29, 0.717) is 13.0 Å². The fourth-order valence-corrected chi connectivity index (χ4v) is 2.51. The third kappa shape index (κ3) is 2.84. The lowest BCUT2D eigenvalue weighted by Gasteiger charge is -2.33. The molecule has 1 aliphatic heterocycles. The number of rotatable bonds is 3. The number of anilines is 1. The molecule has 5 nitrogen and oxygen atoms in total. The number of aliphatic hydroxyl groups is 2. The summed E-state index contributed by atoms with van der Waals surface area (Å²) in [6, 6.07) is 12.1. The average Bonchev–Trinajstić information content (AvgIpc) is 2.91. The van der Waals surface area contributed by atoms with Crippen molar-refractivity contribution >= 4 is 5.82 Å². The van der Waals surface area contributed by atoms with Crippen LogP contribution in [0.2, 0.25) is 0 Å². The zero-order chi connectivity index (χ0) is 13.9. The molecule has 2 aromatic rings. The van der Waals surface area contributed by atoms with Crippen LogP contribution in [0.15, 0.2) is 42.6 Å². The number of aliphatic hydroxyl groups excluding tert-OH is 2. The van der Waals surface area contributed by atoms with E-state index in [9.17, 15) is 10.2 Å². The number of piperidine rings is 1. The fraction of sp³-hybridized carbons (Fsp3) is 0.400. The van der Waals surface area contributed by atoms with Gasteiger partial charge < -0.3 is 15.1 Å². The van der Waals surface area contributed by atoms with Crippen LogP contribution in [-0.4, -0.2) is 45.3 Å². The van der Waals surface area contributed by atoms with Gasteiger partial charge in [-0.15, -0.1) is 0 Å². The quantitative estimate of drug-likeness (QED) is 0.871. The number of hydrogen-bond donors (Lipinski definition) is 2. The summed E-state index contributed by atoms with van der Waals surface area (Å²) < 4.78 is 1.89. The molecule has 2 atom stereocenters. The average molecular weight is 273 g/mol. The molecule has 2 unspecified atom stereocenters. The number of benzene rings is 1. The van der Waals surface area contributed by atoms with E-state index in [1.165, 1.54) is 5.56 Å². The van der Waals surface area contributed by atoms with Gasteiger partial charge in [0, 0.05) is 25.4 Å². The van der Waals surface area contributed by atoms with Crippen molar-refractivity contribution in [2.75, 3.05) is 18.0 Å². The SMILES string of the molecule is OC1CCN(c2ccn(Cc3ccccc3)n2)CC1O. The maximum absolute atomic E-state index is 9.73. The predicted octanol–water partition coefficient (Wildman–Crippen LogP) is 0.863. The number of hydrogen-bond acceptors (Lipinski definition) is 4. The van der Waals surface area contributed by atoms with Gasteiger partial charge in [0.2, 0.25) is 0 Å². The van der Waals surface area contributed by atoms with Crippen LogP contribution in [0.1, 0.15) is 12.0 Å². The van der Waals surface area contributed by atoms with Gasteiger partial charge in [0.15, 0.2) is 5.82 Å². The third-order valence-electron chi connectivity index (χ3n) is 3.68. The highest BCUT2D eigenvalue weighted by molar-refractivity contribution is 5.38. The molecule has 1 saturated heterocycles. The van der Waals surface area contributed by atoms with Crippen molar-refractivity contribution in [3.05, 3.63) is 48.2 Å². The summed E-state index contributed by atoms with van der Waals surface area (Å²) in [5.74, 6) is 0.854. The van der Waals surface area contributed by atoms with E-state index >= 15 is 0 Å². The maximum atomic E-state index is 9.73. The highest BCUT2D eigenvalue weighted by Crippen LogP contribution is 2.18. The van der Waals surface area contributed by atoms with E-state index in [1.807, 2.05) is 40.0 Å². The molecule has 0 saturated carbocycles. The molecule has 0 amide bonds. The molecule has 0 spiro atoms. The number of nitrogens with zero attached hydrogens (tertiary/aromatic N) is 3. The Morgan fingerprint density at radius 1 is 1.10 bits per heavy atom. The molecule has 20 heavy (non-hydrogen) atoms. The standard InChI is InChI=1S/C15H19N3O2/c19-13-6-8-17(11-14(13)20)15-7-9-18(16-15)10-12-4-2-1-3-5-12/h1-5,7,9,13-14,19-20H,6,8,10-11H2. The van der Waals surface area contributed by atoms with E-state index in [-0.39, 0.29) is 0 Å². The summed E-state index contributed by atoms with van der Waals surface area (Å²) in [4.78, 5) is 2.01. The molecule has 5 heteroatoms. The molecular formula is C15H19N3O2. The van der Waals surface area contributed by atoms with Crippen molar-refractivity contribution < 1.29 is 10.2 Å². The highest BCUT2D eigenvalue weighted by Gasteiger charge is 2.26. The van der Waals surface area contributed by atoms with Gasteiger partial charge in [-0.25, -0.2) is 0 Å². The van der Waals surface area contributed by atoms with E-state index in [2.05, 4.69) is 17.2 Å². The Hall–Kier alpha value is -1.85. The first-order valence-corrected chi connectivity index (χ1v) is 6.91. The van der Waals surface area contributed by atoms with E-state index in [0.717, 1.165) is 18.9 Å². The van der Waals surface area contributed by atoms with Crippen LogP contribution in [-0.2, 0) is 6.54 Å². The van der Waals surface area contributed by atoms with Gasteiger partial charge in [-0.05, 0) is 12.0 Å². The van der Waals surface area contributed by atoms with E-state index < -0.39 is 12.2 Å². The zero-order valence-electron chi connectivity index (χ0n) is 11.3. The molecule has 1 aromatic heterocycles. The van der Waals surface area contributed by atoms with Crippen LogP contribution in [0.3, 0.4) is 0 Å². The Morgan fingerprint density at radius 3 is 2.65 bits per heavy atom. The fourth-order valence-electron chi connectivity index (χ4n) is 2.51. The van der Waals surface area contributed by atoms with Crippen molar-refractivity contribution in [1.29, 1.82) is 0 Å². The zero-order valence-corrected chi connectivity index (χ0v) is 11.3. The predicted molar refractivity (Wildman–Crippen MR) is 76.6 cm³/mol. The van der Waals surface area contributed by atoms with E-state index in [4.69, 9.17) is 0 Å². The number of β-amino-alcohol motifs (C(OH)–C–C–N with tert-alkyl or cyclic N) is 1. The minimum Gasteiger partial charge on any atom is -0.390 e. The van der Waals surface area contributed by atoms with Crippen LogP contribution in [0.5, 0.6) is 0 Å². The van der Waals surface area contributed by atoms with Gasteiger partial charge in [-0.3, -0.25) is 4.68 Å². The van der Waals surface area contributed by atoms with Gasteiger partial charge in [-0.2, -0.15) is 5.10 Å². The van der Waals surface area contributed by atoms with E-state index in [1.54, 1.807) is 0 Å².